The summed E-state index contributed by atoms with van der Waals surface area (Å²) in [5, 5.41) is 11.6. The van der Waals surface area contributed by atoms with Crippen molar-refractivity contribution in [2.45, 2.75) is 39.3 Å². The lowest BCUT2D eigenvalue weighted by Gasteiger charge is -2.28. The van der Waals surface area contributed by atoms with E-state index in [1.54, 1.807) is 27.7 Å². The van der Waals surface area contributed by atoms with Crippen LogP contribution >= 0.6 is 0 Å². The minimum Gasteiger partial charge on any atom is -0.450 e. The van der Waals surface area contributed by atoms with Gasteiger partial charge in [-0.15, -0.1) is 0 Å². The van der Waals surface area contributed by atoms with Gasteiger partial charge >= 0.3 is 13.6 Å². The van der Waals surface area contributed by atoms with Crippen LogP contribution in [0.15, 0.2) is 12.1 Å². The molecule has 0 saturated carbocycles. The van der Waals surface area contributed by atoms with Gasteiger partial charge in [-0.05, 0) is 45.3 Å². The number of ether oxygens (including phenoxy) is 1. The van der Waals surface area contributed by atoms with Gasteiger partial charge in [-0.25, -0.2) is 9.78 Å². The lowest BCUT2D eigenvalue weighted by Crippen LogP contribution is -2.45. The number of hydrogen-bond acceptors (Lipinski definition) is 6. The number of carbonyl (C=O) groups excluding carboxylic acids is 2. The van der Waals surface area contributed by atoms with Gasteiger partial charge in [0.15, 0.2) is 0 Å². The van der Waals surface area contributed by atoms with Gasteiger partial charge < -0.3 is 20.8 Å². The first-order valence-electron chi connectivity index (χ1n) is 7.05. The number of aromatic nitrogens is 1. The molecule has 1 radical (unpaired) electrons. The van der Waals surface area contributed by atoms with Crippen LogP contribution in [0.1, 0.15) is 27.7 Å². The molecule has 23 heavy (non-hydrogen) atoms. The third-order valence-corrected chi connectivity index (χ3v) is 2.91. The summed E-state index contributed by atoms with van der Waals surface area (Å²) in [6, 6.07) is 2.12. The lowest BCUT2D eigenvalue weighted by molar-refractivity contribution is -0.120. The van der Waals surface area contributed by atoms with Crippen molar-refractivity contribution < 1.29 is 19.3 Å². The topological polar surface area (TPSA) is 118 Å². The van der Waals surface area contributed by atoms with Gasteiger partial charge in [0, 0.05) is 7.05 Å². The zero-order chi connectivity index (χ0) is 17.8. The highest BCUT2D eigenvalue weighted by molar-refractivity contribution is 6.45. The number of nitrogens with zero attached hydrogens (tertiary/aromatic N) is 2. The van der Waals surface area contributed by atoms with Crippen LogP contribution in [0.2, 0.25) is 0 Å². The number of carbonyl (C=O) groups is 2. The van der Waals surface area contributed by atoms with Crippen molar-refractivity contribution in [1.29, 1.82) is 0 Å². The highest BCUT2D eigenvalue weighted by atomic mass is 16.6. The first kappa shape index (κ1) is 18.8. The number of hydrogen-bond donors (Lipinski definition) is 3. The predicted octanol–water partition coefficient (Wildman–Crippen LogP) is 0.0945. The van der Waals surface area contributed by atoms with Crippen molar-refractivity contribution in [2.24, 2.45) is 0 Å². The highest BCUT2D eigenvalue weighted by Crippen LogP contribution is 2.12. The third kappa shape index (κ3) is 5.78. The molecule has 125 valence electrons. The largest absolute Gasteiger partial charge is 0.450 e. The van der Waals surface area contributed by atoms with E-state index >= 15 is 0 Å². The van der Waals surface area contributed by atoms with Crippen molar-refractivity contribution in [3.05, 3.63) is 12.1 Å². The summed E-state index contributed by atoms with van der Waals surface area (Å²) in [7, 11) is 2.32. The maximum absolute atomic E-state index is 12.2. The summed E-state index contributed by atoms with van der Waals surface area (Å²) in [6.07, 6.45) is -0.606. The van der Waals surface area contributed by atoms with Gasteiger partial charge in [0.2, 0.25) is 5.91 Å². The maximum Gasteiger partial charge on any atom is 0.410 e. The van der Waals surface area contributed by atoms with Crippen molar-refractivity contribution in [3.8, 4) is 0 Å². The lowest BCUT2D eigenvalue weighted by atomic mass is 9.89. The van der Waals surface area contributed by atoms with Crippen molar-refractivity contribution in [3.63, 3.8) is 0 Å². The molecular weight excluding hydrogens is 299 g/mol. The normalized spacial score (nSPS) is 12.3. The van der Waals surface area contributed by atoms with Crippen LogP contribution in [0.25, 0.3) is 0 Å². The molecule has 0 aromatic carbocycles. The maximum atomic E-state index is 12.2. The van der Waals surface area contributed by atoms with Gasteiger partial charge in [0.25, 0.3) is 0 Å². The average Bonchev–Trinajstić information content (AvgIpc) is 2.42. The molecule has 0 bridgehead atoms. The van der Waals surface area contributed by atoms with Crippen LogP contribution in [0.4, 0.5) is 16.4 Å². The average molecular weight is 321 g/mol. The van der Waals surface area contributed by atoms with E-state index < -0.39 is 23.6 Å². The van der Waals surface area contributed by atoms with Crippen LogP contribution in [-0.2, 0) is 9.53 Å². The van der Waals surface area contributed by atoms with Gasteiger partial charge in [-0.2, -0.15) is 0 Å². The molecule has 0 aliphatic rings. The van der Waals surface area contributed by atoms with Crippen molar-refractivity contribution in [2.75, 3.05) is 18.1 Å². The predicted molar refractivity (Wildman–Crippen MR) is 88.3 cm³/mol. The summed E-state index contributed by atoms with van der Waals surface area (Å²) >= 11 is 0. The first-order valence-corrected chi connectivity index (χ1v) is 7.05. The number of anilines is 2. The number of likely N-dealkylation sites (N-methyl/N-ethyl adjacent to an activating group) is 1. The molecule has 1 atom stereocenters. The minimum absolute atomic E-state index is 0.149. The monoisotopic (exact) mass is 321 g/mol. The van der Waals surface area contributed by atoms with E-state index in [0.717, 1.165) is 7.48 Å². The van der Waals surface area contributed by atoms with E-state index in [1.165, 1.54) is 24.1 Å². The van der Waals surface area contributed by atoms with Gasteiger partial charge in [-0.3, -0.25) is 9.69 Å². The molecule has 4 N–H and O–H groups in total. The third-order valence-electron chi connectivity index (χ3n) is 2.91. The van der Waals surface area contributed by atoms with Crippen molar-refractivity contribution in [1.82, 2.24) is 9.88 Å². The fourth-order valence-electron chi connectivity index (χ4n) is 1.61. The van der Waals surface area contributed by atoms with Gasteiger partial charge in [0.05, 0.1) is 0 Å². The Morgan fingerprint density at radius 3 is 2.57 bits per heavy atom. The summed E-state index contributed by atoms with van der Waals surface area (Å²) in [4.78, 5) is 29.3. The Kier molecular flexibility index (Phi) is 5.97. The Morgan fingerprint density at radius 2 is 2.04 bits per heavy atom. The molecule has 0 aliphatic carbocycles. The molecule has 1 rings (SSSR count). The van der Waals surface area contributed by atoms with E-state index in [9.17, 15) is 9.59 Å². The molecule has 0 spiro atoms. The molecule has 9 heteroatoms. The van der Waals surface area contributed by atoms with Gasteiger partial charge in [-0.1, -0.05) is 0 Å². The number of pyridine rings is 1. The van der Waals surface area contributed by atoms with Crippen LogP contribution in [-0.4, -0.2) is 53.1 Å². The summed E-state index contributed by atoms with van der Waals surface area (Å²) in [5.41, 5.74) is 5.34. The number of rotatable bonds is 4. The molecule has 1 aromatic rings. The Bertz CT molecular complexity index is 589. The van der Waals surface area contributed by atoms with Crippen molar-refractivity contribution >= 4 is 36.6 Å². The smallest absolute Gasteiger partial charge is 0.410 e. The molecule has 8 nitrogen and oxygen atoms in total. The summed E-state index contributed by atoms with van der Waals surface area (Å²) in [6.45, 7) is 6.79. The zero-order valence-corrected chi connectivity index (χ0v) is 14.0. The fraction of sp³-hybridized carbons (Fsp3) is 0.500. The number of nitrogens with one attached hydrogen (secondary N) is 1. The van der Waals surface area contributed by atoms with E-state index in [0.29, 0.717) is 5.46 Å². The van der Waals surface area contributed by atoms with Crippen LogP contribution in [0.3, 0.4) is 0 Å². The quantitative estimate of drug-likeness (QED) is 0.677. The highest BCUT2D eigenvalue weighted by Gasteiger charge is 2.27. The summed E-state index contributed by atoms with van der Waals surface area (Å²) < 4.78 is 5.21. The van der Waals surface area contributed by atoms with E-state index in [2.05, 4.69) is 10.3 Å². The molecule has 2 amide bonds. The number of nitrogen functional groups attached to an aromatic ring is 1. The molecule has 1 unspecified atom stereocenters. The summed E-state index contributed by atoms with van der Waals surface area (Å²) in [5.74, 6) is -0.128. The SMILES string of the molecule is CC(C(=O)Nc1cc([B]O)cc(N)n1)N(C)C(=O)OC(C)(C)C. The van der Waals surface area contributed by atoms with E-state index in [1.807, 2.05) is 0 Å². The second kappa shape index (κ2) is 7.32. The Hall–Kier alpha value is -2.29. The Balaban J connectivity index is 2.77. The second-order valence-corrected chi connectivity index (χ2v) is 6.10. The van der Waals surface area contributed by atoms with E-state index in [-0.39, 0.29) is 11.6 Å². The molecule has 1 heterocycles. The minimum atomic E-state index is -0.783. The standard InChI is InChI=1S/C14H22BN4O4/c1-8(19(5)13(21)23-14(2,3)4)12(20)18-11-7-9(15-22)6-10(16)17-11/h6-8,22H,1-5H3,(H3,16,17,18,20). The first-order chi connectivity index (χ1) is 10.5. The number of amides is 2. The van der Waals surface area contributed by atoms with E-state index in [4.69, 9.17) is 15.5 Å². The Labute approximate surface area is 136 Å². The van der Waals surface area contributed by atoms with Crippen LogP contribution < -0.4 is 16.5 Å². The fourth-order valence-corrected chi connectivity index (χ4v) is 1.61. The zero-order valence-electron chi connectivity index (χ0n) is 14.0. The molecule has 0 fully saturated rings. The second-order valence-electron chi connectivity index (χ2n) is 6.10. The molecule has 1 aromatic heterocycles. The van der Waals surface area contributed by atoms with Crippen LogP contribution in [0, 0.1) is 0 Å². The molecule has 0 saturated heterocycles. The molecule has 0 aliphatic heterocycles. The van der Waals surface area contributed by atoms with Gasteiger partial charge in [0.1, 0.15) is 23.3 Å². The molecular formula is C14H22BN4O4. The van der Waals surface area contributed by atoms with Crippen LogP contribution in [0.5, 0.6) is 0 Å². The Morgan fingerprint density at radius 1 is 1.43 bits per heavy atom. The number of nitrogens with two attached hydrogens (primary N) is 1.